The fourth-order valence-corrected chi connectivity index (χ4v) is 3.32. The van der Waals surface area contributed by atoms with E-state index in [1.54, 1.807) is 14.2 Å². The molecule has 1 heterocycles. The Morgan fingerprint density at radius 1 is 1.09 bits per heavy atom. The highest BCUT2D eigenvalue weighted by Crippen LogP contribution is 2.41. The molecule has 0 aromatic heterocycles. The Bertz CT molecular complexity index is 658. The second-order valence-corrected chi connectivity index (χ2v) is 6.10. The van der Waals surface area contributed by atoms with E-state index in [4.69, 9.17) is 9.47 Å². The number of nitrogens with one attached hydrogen (secondary N) is 1. The van der Waals surface area contributed by atoms with Gasteiger partial charge in [0.05, 0.1) is 19.8 Å². The van der Waals surface area contributed by atoms with Crippen molar-refractivity contribution in [2.45, 2.75) is 12.8 Å². The SMILES string of the molecule is [CH2]c1ccc(-c2c(OC)ccc(CC3CCNC3)c2OC)cc1. The van der Waals surface area contributed by atoms with Gasteiger partial charge >= 0.3 is 0 Å². The van der Waals surface area contributed by atoms with Gasteiger partial charge in [-0.1, -0.05) is 30.3 Å². The Hall–Kier alpha value is -2.00. The van der Waals surface area contributed by atoms with E-state index in [2.05, 4.69) is 30.4 Å². The van der Waals surface area contributed by atoms with E-state index in [0.29, 0.717) is 5.92 Å². The Morgan fingerprint density at radius 3 is 2.48 bits per heavy atom. The average Bonchev–Trinajstić information content (AvgIpc) is 3.08. The molecule has 23 heavy (non-hydrogen) atoms. The second-order valence-electron chi connectivity index (χ2n) is 6.10. The lowest BCUT2D eigenvalue weighted by atomic mass is 9.93. The van der Waals surface area contributed by atoms with Crippen LogP contribution < -0.4 is 14.8 Å². The van der Waals surface area contributed by atoms with Gasteiger partial charge in [-0.15, -0.1) is 0 Å². The molecule has 121 valence electrons. The third-order valence-corrected chi connectivity index (χ3v) is 4.54. The quantitative estimate of drug-likeness (QED) is 0.913. The minimum atomic E-state index is 0.673. The van der Waals surface area contributed by atoms with Gasteiger partial charge in [-0.25, -0.2) is 0 Å². The van der Waals surface area contributed by atoms with E-state index < -0.39 is 0 Å². The fourth-order valence-electron chi connectivity index (χ4n) is 3.32. The lowest BCUT2D eigenvalue weighted by Gasteiger charge is -2.19. The van der Waals surface area contributed by atoms with Crippen LogP contribution in [0, 0.1) is 12.8 Å². The zero-order valence-electron chi connectivity index (χ0n) is 13.9. The molecular formula is C20H24NO2. The van der Waals surface area contributed by atoms with Crippen molar-refractivity contribution in [2.75, 3.05) is 27.3 Å². The van der Waals surface area contributed by atoms with E-state index >= 15 is 0 Å². The van der Waals surface area contributed by atoms with Crippen LogP contribution in [0.5, 0.6) is 11.5 Å². The Labute approximate surface area is 138 Å². The fraction of sp³-hybridized carbons (Fsp3) is 0.350. The molecule has 0 amide bonds. The van der Waals surface area contributed by atoms with Crippen LogP contribution >= 0.6 is 0 Å². The van der Waals surface area contributed by atoms with Crippen molar-refractivity contribution in [1.29, 1.82) is 0 Å². The molecule has 1 unspecified atom stereocenters. The molecule has 3 heteroatoms. The first-order chi connectivity index (χ1) is 11.2. The summed E-state index contributed by atoms with van der Waals surface area (Å²) in [7, 11) is 3.44. The van der Waals surface area contributed by atoms with E-state index in [-0.39, 0.29) is 0 Å². The van der Waals surface area contributed by atoms with Crippen molar-refractivity contribution >= 4 is 0 Å². The van der Waals surface area contributed by atoms with Crippen LogP contribution in [0.25, 0.3) is 11.1 Å². The van der Waals surface area contributed by atoms with Gasteiger partial charge in [0.1, 0.15) is 11.5 Å². The maximum Gasteiger partial charge on any atom is 0.133 e. The predicted molar refractivity (Wildman–Crippen MR) is 94.1 cm³/mol. The molecule has 3 rings (SSSR count). The minimum absolute atomic E-state index is 0.673. The summed E-state index contributed by atoms with van der Waals surface area (Å²) in [5, 5.41) is 3.43. The first-order valence-electron chi connectivity index (χ1n) is 8.10. The summed E-state index contributed by atoms with van der Waals surface area (Å²) in [6.07, 6.45) is 2.25. The molecule has 1 saturated heterocycles. The van der Waals surface area contributed by atoms with Crippen LogP contribution in [0.15, 0.2) is 36.4 Å². The molecule has 3 nitrogen and oxygen atoms in total. The van der Waals surface area contributed by atoms with Crippen LogP contribution in [0.4, 0.5) is 0 Å². The maximum atomic E-state index is 5.80. The second kappa shape index (κ2) is 7.05. The van der Waals surface area contributed by atoms with Crippen molar-refractivity contribution < 1.29 is 9.47 Å². The van der Waals surface area contributed by atoms with Crippen LogP contribution in [-0.4, -0.2) is 27.3 Å². The monoisotopic (exact) mass is 310 g/mol. The van der Waals surface area contributed by atoms with Gasteiger partial charge in [0.2, 0.25) is 0 Å². The molecule has 1 fully saturated rings. The molecule has 1 aliphatic heterocycles. The number of hydrogen-bond donors (Lipinski definition) is 1. The van der Waals surface area contributed by atoms with E-state index in [1.165, 1.54) is 12.0 Å². The number of ether oxygens (including phenoxy) is 2. The standard InChI is InChI=1S/C20H24NO2/c1-14-4-6-16(7-5-14)19-18(22-2)9-8-17(20(19)23-3)12-15-10-11-21-13-15/h4-9,15,21H,1,10-13H2,2-3H3. The summed E-state index contributed by atoms with van der Waals surface area (Å²) in [5.41, 5.74) is 4.37. The molecule has 0 spiro atoms. The molecular weight excluding hydrogens is 286 g/mol. The van der Waals surface area contributed by atoms with Gasteiger partial charge in [0.15, 0.2) is 0 Å². The van der Waals surface area contributed by atoms with E-state index in [0.717, 1.165) is 47.7 Å². The summed E-state index contributed by atoms with van der Waals surface area (Å²) in [6, 6.07) is 12.4. The summed E-state index contributed by atoms with van der Waals surface area (Å²) < 4.78 is 11.4. The van der Waals surface area contributed by atoms with Crippen LogP contribution in [-0.2, 0) is 6.42 Å². The first-order valence-corrected chi connectivity index (χ1v) is 8.10. The Balaban J connectivity index is 2.05. The van der Waals surface area contributed by atoms with Gasteiger partial charge in [0.25, 0.3) is 0 Å². The zero-order valence-corrected chi connectivity index (χ0v) is 13.9. The van der Waals surface area contributed by atoms with Crippen molar-refractivity contribution in [1.82, 2.24) is 5.32 Å². The third-order valence-electron chi connectivity index (χ3n) is 4.54. The van der Waals surface area contributed by atoms with Crippen LogP contribution in [0.2, 0.25) is 0 Å². The highest BCUT2D eigenvalue weighted by atomic mass is 16.5. The topological polar surface area (TPSA) is 30.5 Å². The van der Waals surface area contributed by atoms with Crippen molar-refractivity contribution in [2.24, 2.45) is 5.92 Å². The van der Waals surface area contributed by atoms with Gasteiger partial charge in [-0.05, 0) is 61.5 Å². The molecule has 0 saturated carbocycles. The highest BCUT2D eigenvalue weighted by Gasteiger charge is 2.21. The van der Waals surface area contributed by atoms with Gasteiger partial charge in [-0.2, -0.15) is 0 Å². The number of methoxy groups -OCH3 is 2. The van der Waals surface area contributed by atoms with Gasteiger partial charge in [0, 0.05) is 0 Å². The van der Waals surface area contributed by atoms with Gasteiger partial charge in [-0.3, -0.25) is 0 Å². The number of hydrogen-bond acceptors (Lipinski definition) is 3. The van der Waals surface area contributed by atoms with Crippen molar-refractivity contribution in [3.8, 4) is 22.6 Å². The summed E-state index contributed by atoms with van der Waals surface area (Å²) >= 11 is 0. The molecule has 1 atom stereocenters. The summed E-state index contributed by atoms with van der Waals surface area (Å²) in [4.78, 5) is 0. The van der Waals surface area contributed by atoms with E-state index in [9.17, 15) is 0 Å². The normalized spacial score (nSPS) is 17.3. The largest absolute Gasteiger partial charge is 0.496 e. The van der Waals surface area contributed by atoms with Crippen LogP contribution in [0.3, 0.4) is 0 Å². The maximum absolute atomic E-state index is 5.80. The molecule has 0 aliphatic carbocycles. The molecule has 1 aliphatic rings. The molecule has 2 aromatic rings. The average molecular weight is 310 g/mol. The lowest BCUT2D eigenvalue weighted by Crippen LogP contribution is -2.11. The van der Waals surface area contributed by atoms with Crippen LogP contribution in [0.1, 0.15) is 17.5 Å². The highest BCUT2D eigenvalue weighted by molar-refractivity contribution is 5.78. The third kappa shape index (κ3) is 3.35. The first kappa shape index (κ1) is 15.9. The smallest absolute Gasteiger partial charge is 0.133 e. The summed E-state index contributed by atoms with van der Waals surface area (Å²) in [5.74, 6) is 2.44. The number of benzene rings is 2. The molecule has 2 aromatic carbocycles. The van der Waals surface area contributed by atoms with E-state index in [1.807, 2.05) is 18.2 Å². The Morgan fingerprint density at radius 2 is 1.87 bits per heavy atom. The summed E-state index contributed by atoms with van der Waals surface area (Å²) in [6.45, 7) is 6.15. The number of rotatable bonds is 5. The molecule has 1 N–H and O–H groups in total. The predicted octanol–water partition coefficient (Wildman–Crippen LogP) is 3.70. The molecule has 0 bridgehead atoms. The van der Waals surface area contributed by atoms with Crippen molar-refractivity contribution in [3.63, 3.8) is 0 Å². The Kier molecular flexibility index (Phi) is 4.87. The van der Waals surface area contributed by atoms with Gasteiger partial charge < -0.3 is 14.8 Å². The van der Waals surface area contributed by atoms with Crippen molar-refractivity contribution in [3.05, 3.63) is 54.4 Å². The zero-order chi connectivity index (χ0) is 16.2. The minimum Gasteiger partial charge on any atom is -0.496 e. The molecule has 1 radical (unpaired) electrons. The lowest BCUT2D eigenvalue weighted by molar-refractivity contribution is 0.391.